The summed E-state index contributed by atoms with van der Waals surface area (Å²) >= 11 is 0. The van der Waals surface area contributed by atoms with Gasteiger partial charge in [-0.05, 0) is 101 Å². The maximum absolute atomic E-state index is 14.3. The molecule has 0 spiro atoms. The first kappa shape index (κ1) is 47.8. The molecule has 3 heterocycles. The Kier molecular flexibility index (Phi) is 17.4. The number of carbonyl (C=O) groups excluding carboxylic acids is 5. The van der Waals surface area contributed by atoms with Gasteiger partial charge in [-0.25, -0.2) is 4.79 Å². The molecule has 2 saturated heterocycles. The molecule has 4 aliphatic rings. The third-order valence-electron chi connectivity index (χ3n) is 12.9. The summed E-state index contributed by atoms with van der Waals surface area (Å²) in [6.45, 7) is 10.5. The van der Waals surface area contributed by atoms with Gasteiger partial charge >= 0.3 is 5.97 Å². The van der Waals surface area contributed by atoms with Crippen LogP contribution in [0.4, 0.5) is 0 Å². The molecule has 14 nitrogen and oxygen atoms in total. The SMILES string of the molecule is COC1CC(C=C(C)C2OC(=O)C3CCCCN3C(=O)C(=O)C3(O)OC(C(OC)CC(C)CC(C)C=C(CC(C)=O)C(=O)CC(O)C2C)C(OC)CC3C)CCC1O. The maximum Gasteiger partial charge on any atom is 0.329 e. The summed E-state index contributed by atoms with van der Waals surface area (Å²) in [6.07, 6.45) is 1.95. The van der Waals surface area contributed by atoms with Gasteiger partial charge in [-0.3, -0.25) is 19.2 Å². The molecule has 3 aliphatic heterocycles. The number of fused-ring (bicyclic) bond motifs is 3. The fourth-order valence-corrected chi connectivity index (χ4v) is 9.53. The molecule has 58 heavy (non-hydrogen) atoms. The minimum Gasteiger partial charge on any atom is -0.456 e. The van der Waals surface area contributed by atoms with Gasteiger partial charge in [0.25, 0.3) is 11.7 Å². The van der Waals surface area contributed by atoms with Gasteiger partial charge in [-0.2, -0.15) is 0 Å². The van der Waals surface area contributed by atoms with Crippen LogP contribution in [-0.2, 0) is 47.7 Å². The number of rotatable bonds is 7. The summed E-state index contributed by atoms with van der Waals surface area (Å²) in [5.41, 5.74) is 0.905. The number of nitrogens with zero attached hydrogens (tertiary/aromatic N) is 1. The minimum absolute atomic E-state index is 0.0325. The van der Waals surface area contributed by atoms with Gasteiger partial charge in [-0.1, -0.05) is 39.8 Å². The molecule has 14 unspecified atom stereocenters. The van der Waals surface area contributed by atoms with Crippen LogP contribution in [0.2, 0.25) is 0 Å². The van der Waals surface area contributed by atoms with Crippen molar-refractivity contribution in [1.82, 2.24) is 4.90 Å². The second-order valence-electron chi connectivity index (χ2n) is 17.7. The number of hydrogen-bond donors (Lipinski definition) is 3. The number of Topliss-reactive ketones (excluding diaryl/α,β-unsaturated/α-hetero) is 3. The molecule has 3 N–H and O–H groups in total. The van der Waals surface area contributed by atoms with Crippen LogP contribution in [-0.4, -0.2) is 132 Å². The maximum atomic E-state index is 14.3. The quantitative estimate of drug-likeness (QED) is 0.189. The van der Waals surface area contributed by atoms with E-state index in [9.17, 15) is 39.3 Å². The number of ketones is 3. The lowest BCUT2D eigenvalue weighted by atomic mass is 9.81. The van der Waals surface area contributed by atoms with Crippen LogP contribution in [0.1, 0.15) is 112 Å². The molecule has 328 valence electrons. The molecular formula is C44H69NO13. The van der Waals surface area contributed by atoms with Gasteiger partial charge in [0.2, 0.25) is 5.79 Å². The van der Waals surface area contributed by atoms with Crippen molar-refractivity contribution in [1.29, 1.82) is 0 Å². The van der Waals surface area contributed by atoms with Gasteiger partial charge in [-0.15, -0.1) is 0 Å². The second kappa shape index (κ2) is 21.1. The zero-order valence-corrected chi connectivity index (χ0v) is 36.0. The Morgan fingerprint density at radius 3 is 2.17 bits per heavy atom. The van der Waals surface area contributed by atoms with Crippen molar-refractivity contribution in [3.05, 3.63) is 23.3 Å². The van der Waals surface area contributed by atoms with Crippen molar-refractivity contribution in [2.45, 2.75) is 167 Å². The molecule has 2 bridgehead atoms. The molecule has 14 heteroatoms. The molecule has 4 rings (SSSR count). The molecule has 0 aromatic rings. The van der Waals surface area contributed by atoms with Crippen LogP contribution >= 0.6 is 0 Å². The largest absolute Gasteiger partial charge is 0.456 e. The van der Waals surface area contributed by atoms with E-state index in [4.69, 9.17) is 23.7 Å². The van der Waals surface area contributed by atoms with Crippen LogP contribution in [0.3, 0.4) is 0 Å². The van der Waals surface area contributed by atoms with Gasteiger partial charge in [0.1, 0.15) is 24.0 Å². The van der Waals surface area contributed by atoms with Gasteiger partial charge in [0.05, 0.1) is 30.5 Å². The highest BCUT2D eigenvalue weighted by molar-refractivity contribution is 6.39. The Bertz CT molecular complexity index is 1530. The van der Waals surface area contributed by atoms with E-state index in [1.54, 1.807) is 34.0 Å². The van der Waals surface area contributed by atoms with E-state index in [0.717, 1.165) is 4.90 Å². The fourth-order valence-electron chi connectivity index (χ4n) is 9.53. The standard InChI is InChI=1S/C44H69NO13/c1-24-16-25(2)18-37(55-8)40-38(56-9)20-27(4)44(53,58-40)41(50)42(51)45-15-11-10-12-32(45)43(52)57-39(26(3)19-30-13-14-33(47)36(22-30)54-7)29(6)34(48)23-35(49)31(17-24)21-28(5)46/h17,19,24-25,27,29-30,32-34,36-40,47-48,53H,10-16,18,20-23H2,1-9H3. The van der Waals surface area contributed by atoms with Crippen molar-refractivity contribution >= 4 is 29.2 Å². The third-order valence-corrected chi connectivity index (χ3v) is 12.9. The van der Waals surface area contributed by atoms with Gasteiger partial charge in [0.15, 0.2) is 5.78 Å². The van der Waals surface area contributed by atoms with Crippen molar-refractivity contribution in [3.8, 4) is 0 Å². The number of amides is 1. The van der Waals surface area contributed by atoms with Crippen molar-refractivity contribution in [2.24, 2.45) is 29.6 Å². The number of allylic oxidation sites excluding steroid dienone is 3. The van der Waals surface area contributed by atoms with Crippen molar-refractivity contribution in [2.75, 3.05) is 27.9 Å². The number of cyclic esters (lactones) is 1. The number of aliphatic hydroxyl groups excluding tert-OH is 2. The molecule has 0 aromatic heterocycles. The van der Waals surface area contributed by atoms with E-state index < -0.39 is 77.9 Å². The molecule has 0 aromatic carbocycles. The number of ether oxygens (including phenoxy) is 5. The molecule has 1 aliphatic carbocycles. The molecule has 1 saturated carbocycles. The van der Waals surface area contributed by atoms with E-state index >= 15 is 0 Å². The van der Waals surface area contributed by atoms with Gasteiger partial charge in [0, 0.05) is 52.6 Å². The molecule has 3 fully saturated rings. The number of piperidine rings is 1. The number of methoxy groups -OCH3 is 3. The molecule has 14 atom stereocenters. The van der Waals surface area contributed by atoms with Crippen LogP contribution in [0.25, 0.3) is 0 Å². The topological polar surface area (TPSA) is 195 Å². The van der Waals surface area contributed by atoms with E-state index in [-0.39, 0.29) is 67.7 Å². The molecule has 1 amide bonds. The third kappa shape index (κ3) is 11.5. The van der Waals surface area contributed by atoms with E-state index in [1.807, 2.05) is 19.9 Å². The lowest BCUT2D eigenvalue weighted by Gasteiger charge is -2.47. The highest BCUT2D eigenvalue weighted by atomic mass is 16.7. The lowest BCUT2D eigenvalue weighted by Crippen LogP contribution is -2.64. The minimum atomic E-state index is -2.53. The first-order chi connectivity index (χ1) is 27.3. The highest BCUT2D eigenvalue weighted by Crippen LogP contribution is 2.39. The smallest absolute Gasteiger partial charge is 0.329 e. The average molecular weight is 820 g/mol. The Morgan fingerprint density at radius 2 is 1.53 bits per heavy atom. The Balaban J connectivity index is 1.79. The summed E-state index contributed by atoms with van der Waals surface area (Å²) in [5.74, 6) is -8.07. The first-order valence-electron chi connectivity index (χ1n) is 21.2. The van der Waals surface area contributed by atoms with Crippen LogP contribution in [0, 0.1) is 29.6 Å². The monoisotopic (exact) mass is 819 g/mol. The first-order valence-corrected chi connectivity index (χ1v) is 21.2. The van der Waals surface area contributed by atoms with Gasteiger partial charge < -0.3 is 43.9 Å². The van der Waals surface area contributed by atoms with Crippen LogP contribution in [0.5, 0.6) is 0 Å². The van der Waals surface area contributed by atoms with Crippen LogP contribution < -0.4 is 0 Å². The lowest BCUT2D eigenvalue weighted by molar-refractivity contribution is -0.302. The number of carbonyl (C=O) groups is 5. The van der Waals surface area contributed by atoms with Crippen LogP contribution in [0.15, 0.2) is 23.3 Å². The predicted octanol–water partition coefficient (Wildman–Crippen LogP) is 4.04. The van der Waals surface area contributed by atoms with E-state index in [2.05, 4.69) is 0 Å². The Morgan fingerprint density at radius 1 is 0.879 bits per heavy atom. The summed E-state index contributed by atoms with van der Waals surface area (Å²) in [4.78, 5) is 70.3. The predicted molar refractivity (Wildman–Crippen MR) is 213 cm³/mol. The zero-order chi connectivity index (χ0) is 43.1. The number of aliphatic hydroxyl groups is 3. The number of hydrogen-bond acceptors (Lipinski definition) is 13. The summed E-state index contributed by atoms with van der Waals surface area (Å²) in [6, 6.07) is -1.17. The Labute approximate surface area is 344 Å². The van der Waals surface area contributed by atoms with Crippen molar-refractivity contribution in [3.63, 3.8) is 0 Å². The summed E-state index contributed by atoms with van der Waals surface area (Å²) < 4.78 is 29.7. The average Bonchev–Trinajstić information content (AvgIpc) is 3.18. The normalized spacial score (nSPS) is 39.6. The summed E-state index contributed by atoms with van der Waals surface area (Å²) in [5, 5.41) is 34.1. The zero-order valence-electron chi connectivity index (χ0n) is 36.0. The Hall–Kier alpha value is -2.85. The second-order valence-corrected chi connectivity index (χ2v) is 17.7. The van der Waals surface area contributed by atoms with E-state index in [1.165, 1.54) is 21.1 Å². The van der Waals surface area contributed by atoms with Crippen molar-refractivity contribution < 1.29 is 63.0 Å². The molecular weight excluding hydrogens is 750 g/mol. The summed E-state index contributed by atoms with van der Waals surface area (Å²) in [7, 11) is 4.56. The molecule has 0 radical (unpaired) electrons. The number of esters is 1. The fraction of sp³-hybridized carbons (Fsp3) is 0.795. The highest BCUT2D eigenvalue weighted by Gasteiger charge is 2.56. The van der Waals surface area contributed by atoms with E-state index in [0.29, 0.717) is 56.1 Å².